The number of para-hydroxylation sites is 1. The van der Waals surface area contributed by atoms with E-state index in [4.69, 9.17) is 19.3 Å². The number of ether oxygens (including phenoxy) is 3. The summed E-state index contributed by atoms with van der Waals surface area (Å²) in [6, 6.07) is 20.4. The zero-order chi connectivity index (χ0) is 25.9. The molecule has 9 nitrogen and oxygen atoms in total. The quantitative estimate of drug-likeness (QED) is 0.275. The molecule has 37 heavy (non-hydrogen) atoms. The molecule has 1 N–H and O–H groups in total. The van der Waals surface area contributed by atoms with Gasteiger partial charge >= 0.3 is 0 Å². The van der Waals surface area contributed by atoms with Crippen molar-refractivity contribution in [3.63, 3.8) is 0 Å². The summed E-state index contributed by atoms with van der Waals surface area (Å²) in [6.45, 7) is 1.75. The van der Waals surface area contributed by atoms with Crippen LogP contribution in [0.15, 0.2) is 66.7 Å². The van der Waals surface area contributed by atoms with Gasteiger partial charge in [0, 0.05) is 36.7 Å². The molecule has 1 unspecified atom stereocenters. The SMILES string of the molecule is COc1ccc(Cn2nc(-c3ccccc3[N+](=O)[O-])c3c2CNCC3c2cc(OC)cc(OC)c2)cc1. The number of nitrogens with one attached hydrogen (secondary N) is 1. The fourth-order valence-corrected chi connectivity index (χ4v) is 4.88. The van der Waals surface area contributed by atoms with Gasteiger partial charge < -0.3 is 19.5 Å². The molecule has 0 radical (unpaired) electrons. The lowest BCUT2D eigenvalue weighted by atomic mass is 9.85. The zero-order valence-electron chi connectivity index (χ0n) is 20.9. The molecule has 1 atom stereocenters. The van der Waals surface area contributed by atoms with Gasteiger partial charge in [0.1, 0.15) is 22.9 Å². The van der Waals surface area contributed by atoms with Crippen molar-refractivity contribution in [2.75, 3.05) is 27.9 Å². The molecule has 5 rings (SSSR count). The number of aromatic nitrogens is 2. The number of nitro benzene ring substituents is 1. The maximum Gasteiger partial charge on any atom is 0.278 e. The number of nitrogens with zero attached hydrogens (tertiary/aromatic N) is 3. The van der Waals surface area contributed by atoms with E-state index in [2.05, 4.69) is 5.32 Å². The van der Waals surface area contributed by atoms with E-state index in [9.17, 15) is 10.1 Å². The summed E-state index contributed by atoms with van der Waals surface area (Å²) in [5.41, 5.74) is 5.13. The van der Waals surface area contributed by atoms with Gasteiger partial charge in [-0.25, -0.2) is 0 Å². The third-order valence-corrected chi connectivity index (χ3v) is 6.71. The van der Waals surface area contributed by atoms with Crippen molar-refractivity contribution in [2.24, 2.45) is 0 Å². The Morgan fingerprint density at radius 3 is 2.30 bits per heavy atom. The molecule has 0 saturated carbocycles. The summed E-state index contributed by atoms with van der Waals surface area (Å²) in [6.07, 6.45) is 0. The summed E-state index contributed by atoms with van der Waals surface area (Å²) in [7, 11) is 4.88. The highest BCUT2D eigenvalue weighted by atomic mass is 16.6. The van der Waals surface area contributed by atoms with Gasteiger partial charge in [0.25, 0.3) is 5.69 Å². The molecule has 1 aliphatic rings. The maximum absolute atomic E-state index is 12.0. The summed E-state index contributed by atoms with van der Waals surface area (Å²) in [5.74, 6) is 2.02. The number of methoxy groups -OCH3 is 3. The zero-order valence-corrected chi connectivity index (χ0v) is 20.9. The Hall–Kier alpha value is -4.37. The average molecular weight is 501 g/mol. The standard InChI is InChI=1S/C28H28N4O5/c1-35-20-10-8-18(9-11-20)17-31-26-16-29-15-24(19-12-21(36-2)14-22(13-19)37-3)27(26)28(30-31)23-6-4-5-7-25(23)32(33)34/h4-14,24,29H,15-17H2,1-3H3. The molecular formula is C28H28N4O5. The highest BCUT2D eigenvalue weighted by Crippen LogP contribution is 2.42. The van der Waals surface area contributed by atoms with Crippen molar-refractivity contribution < 1.29 is 19.1 Å². The van der Waals surface area contributed by atoms with Gasteiger partial charge in [0.15, 0.2) is 0 Å². The minimum Gasteiger partial charge on any atom is -0.497 e. The van der Waals surface area contributed by atoms with Crippen LogP contribution in [0.1, 0.15) is 28.3 Å². The van der Waals surface area contributed by atoms with Gasteiger partial charge in [-0.05, 0) is 41.5 Å². The molecular weight excluding hydrogens is 472 g/mol. The molecule has 4 aromatic rings. The Balaban J connectivity index is 1.69. The Morgan fingerprint density at radius 1 is 0.973 bits per heavy atom. The summed E-state index contributed by atoms with van der Waals surface area (Å²) < 4.78 is 18.3. The van der Waals surface area contributed by atoms with Crippen LogP contribution in [0.25, 0.3) is 11.3 Å². The molecule has 0 amide bonds. The van der Waals surface area contributed by atoms with E-state index in [1.807, 2.05) is 53.2 Å². The summed E-state index contributed by atoms with van der Waals surface area (Å²) in [5, 5.41) is 20.5. The molecule has 0 fully saturated rings. The van der Waals surface area contributed by atoms with E-state index in [0.29, 0.717) is 42.4 Å². The smallest absolute Gasteiger partial charge is 0.278 e. The second kappa shape index (κ2) is 10.3. The van der Waals surface area contributed by atoms with Crippen molar-refractivity contribution in [2.45, 2.75) is 19.0 Å². The lowest BCUT2D eigenvalue weighted by Crippen LogP contribution is -2.30. The molecule has 2 heterocycles. The third-order valence-electron chi connectivity index (χ3n) is 6.71. The Bertz CT molecular complexity index is 1410. The van der Waals surface area contributed by atoms with Crippen molar-refractivity contribution in [3.8, 4) is 28.5 Å². The Kier molecular flexibility index (Phi) is 6.78. The van der Waals surface area contributed by atoms with Gasteiger partial charge in [-0.2, -0.15) is 5.10 Å². The van der Waals surface area contributed by atoms with Gasteiger partial charge in [-0.3, -0.25) is 14.8 Å². The number of benzene rings is 3. The van der Waals surface area contributed by atoms with E-state index in [1.54, 1.807) is 33.5 Å². The molecule has 0 spiro atoms. The molecule has 0 bridgehead atoms. The van der Waals surface area contributed by atoms with Crippen LogP contribution >= 0.6 is 0 Å². The molecule has 3 aromatic carbocycles. The minimum atomic E-state index is -0.352. The average Bonchev–Trinajstić information content (AvgIpc) is 3.31. The highest BCUT2D eigenvalue weighted by molar-refractivity contribution is 5.75. The largest absolute Gasteiger partial charge is 0.497 e. The number of fused-ring (bicyclic) bond motifs is 1. The lowest BCUT2D eigenvalue weighted by molar-refractivity contribution is -0.384. The van der Waals surface area contributed by atoms with Crippen molar-refractivity contribution in [3.05, 3.63) is 99.2 Å². The van der Waals surface area contributed by atoms with Crippen LogP contribution in [0.3, 0.4) is 0 Å². The van der Waals surface area contributed by atoms with Gasteiger partial charge in [0.05, 0.1) is 44.1 Å². The van der Waals surface area contributed by atoms with E-state index in [1.165, 1.54) is 6.07 Å². The monoisotopic (exact) mass is 500 g/mol. The van der Waals surface area contributed by atoms with Crippen LogP contribution in [-0.4, -0.2) is 42.6 Å². The Morgan fingerprint density at radius 2 is 1.65 bits per heavy atom. The third kappa shape index (κ3) is 4.73. The predicted octanol–water partition coefficient (Wildman–Crippen LogP) is 4.77. The van der Waals surface area contributed by atoms with Crippen LogP contribution in [0.2, 0.25) is 0 Å². The van der Waals surface area contributed by atoms with E-state index >= 15 is 0 Å². The first-order chi connectivity index (χ1) is 18.0. The van der Waals surface area contributed by atoms with E-state index in [0.717, 1.165) is 28.1 Å². The van der Waals surface area contributed by atoms with Gasteiger partial charge in [-0.15, -0.1) is 0 Å². The maximum atomic E-state index is 12.0. The van der Waals surface area contributed by atoms with Crippen molar-refractivity contribution in [1.82, 2.24) is 15.1 Å². The fourth-order valence-electron chi connectivity index (χ4n) is 4.88. The summed E-state index contributed by atoms with van der Waals surface area (Å²) in [4.78, 5) is 11.6. The molecule has 1 aromatic heterocycles. The first-order valence-corrected chi connectivity index (χ1v) is 11.9. The van der Waals surface area contributed by atoms with Crippen molar-refractivity contribution in [1.29, 1.82) is 0 Å². The summed E-state index contributed by atoms with van der Waals surface area (Å²) >= 11 is 0. The number of rotatable bonds is 8. The number of hydrogen-bond acceptors (Lipinski definition) is 7. The Labute approximate surface area is 214 Å². The molecule has 9 heteroatoms. The van der Waals surface area contributed by atoms with Crippen LogP contribution in [-0.2, 0) is 13.1 Å². The fraction of sp³-hybridized carbons (Fsp3) is 0.250. The second-order valence-corrected chi connectivity index (χ2v) is 8.82. The molecule has 0 aliphatic carbocycles. The number of nitro groups is 1. The van der Waals surface area contributed by atoms with Gasteiger partial charge in [0.2, 0.25) is 0 Å². The topological polar surface area (TPSA) is 101 Å². The molecule has 0 saturated heterocycles. The first kappa shape index (κ1) is 24.3. The van der Waals surface area contributed by atoms with Crippen LogP contribution in [0.4, 0.5) is 5.69 Å². The van der Waals surface area contributed by atoms with E-state index in [-0.39, 0.29) is 16.5 Å². The van der Waals surface area contributed by atoms with Crippen LogP contribution in [0, 0.1) is 10.1 Å². The van der Waals surface area contributed by atoms with Crippen LogP contribution < -0.4 is 19.5 Å². The second-order valence-electron chi connectivity index (χ2n) is 8.82. The van der Waals surface area contributed by atoms with Gasteiger partial charge in [-0.1, -0.05) is 24.3 Å². The minimum absolute atomic E-state index is 0.0277. The first-order valence-electron chi connectivity index (χ1n) is 11.9. The van der Waals surface area contributed by atoms with Crippen molar-refractivity contribution >= 4 is 5.69 Å². The highest BCUT2D eigenvalue weighted by Gasteiger charge is 2.33. The molecule has 1 aliphatic heterocycles. The predicted molar refractivity (Wildman–Crippen MR) is 140 cm³/mol. The van der Waals surface area contributed by atoms with Crippen LogP contribution in [0.5, 0.6) is 17.2 Å². The normalized spacial score (nSPS) is 14.6. The number of hydrogen-bond donors (Lipinski definition) is 1. The molecule has 190 valence electrons. The lowest BCUT2D eigenvalue weighted by Gasteiger charge is -2.26. The van der Waals surface area contributed by atoms with E-state index < -0.39 is 0 Å².